The van der Waals surface area contributed by atoms with E-state index in [1.54, 1.807) is 0 Å². The van der Waals surface area contributed by atoms with Crippen molar-refractivity contribution in [2.24, 2.45) is 23.2 Å². The SMILES string of the molecule is O=C(N[C@@H](C(=O)[O-])C12CC3CC(CC(C3)C1)C2)c1ccc(F)cc1. The van der Waals surface area contributed by atoms with Crippen LogP contribution in [0.25, 0.3) is 0 Å². The van der Waals surface area contributed by atoms with Gasteiger partial charge in [0.2, 0.25) is 0 Å². The Morgan fingerprint density at radius 2 is 1.54 bits per heavy atom. The van der Waals surface area contributed by atoms with Gasteiger partial charge in [0, 0.05) is 5.56 Å². The summed E-state index contributed by atoms with van der Waals surface area (Å²) in [5, 5.41) is 14.5. The average Bonchev–Trinajstić information content (AvgIpc) is 2.51. The lowest BCUT2D eigenvalue weighted by Crippen LogP contribution is -2.62. The molecule has 0 unspecified atom stereocenters. The molecule has 4 aliphatic carbocycles. The van der Waals surface area contributed by atoms with Gasteiger partial charge in [-0.25, -0.2) is 4.39 Å². The summed E-state index contributed by atoms with van der Waals surface area (Å²) in [7, 11) is 0. The minimum atomic E-state index is -1.20. The Balaban J connectivity index is 1.57. The monoisotopic (exact) mass is 330 g/mol. The second kappa shape index (κ2) is 5.57. The highest BCUT2D eigenvalue weighted by molar-refractivity contribution is 5.96. The summed E-state index contributed by atoms with van der Waals surface area (Å²) in [4.78, 5) is 24.3. The van der Waals surface area contributed by atoms with E-state index < -0.39 is 23.7 Å². The summed E-state index contributed by atoms with van der Waals surface area (Å²) in [6.07, 6.45) is 6.19. The predicted molar refractivity (Wildman–Crippen MR) is 83.3 cm³/mol. The van der Waals surface area contributed by atoms with Crippen LogP contribution in [0.2, 0.25) is 0 Å². The molecule has 4 nitrogen and oxygen atoms in total. The summed E-state index contributed by atoms with van der Waals surface area (Å²) < 4.78 is 13.0. The highest BCUT2D eigenvalue weighted by Gasteiger charge is 2.54. The first-order valence-corrected chi connectivity index (χ1v) is 8.72. The minimum absolute atomic E-state index is 0.271. The molecule has 4 saturated carbocycles. The van der Waals surface area contributed by atoms with Gasteiger partial charge in [-0.1, -0.05) is 0 Å². The van der Waals surface area contributed by atoms with Crippen molar-refractivity contribution in [3.63, 3.8) is 0 Å². The van der Waals surface area contributed by atoms with Crippen LogP contribution in [0.1, 0.15) is 48.9 Å². The van der Waals surface area contributed by atoms with Gasteiger partial charge in [-0.2, -0.15) is 0 Å². The number of hydrogen-bond donors (Lipinski definition) is 1. The van der Waals surface area contributed by atoms with Gasteiger partial charge in [-0.05, 0) is 86.0 Å². The highest BCUT2D eigenvalue weighted by Crippen LogP contribution is 2.61. The number of halogens is 1. The van der Waals surface area contributed by atoms with Gasteiger partial charge < -0.3 is 15.2 Å². The van der Waals surface area contributed by atoms with E-state index in [4.69, 9.17) is 0 Å². The number of rotatable bonds is 4. The second-order valence-corrected chi connectivity index (χ2v) is 8.01. The Hall–Kier alpha value is -1.91. The Bertz CT molecular complexity index is 634. The molecule has 24 heavy (non-hydrogen) atoms. The molecule has 5 heteroatoms. The molecule has 0 heterocycles. The topological polar surface area (TPSA) is 69.2 Å². The van der Waals surface area contributed by atoms with Crippen LogP contribution in [0.5, 0.6) is 0 Å². The zero-order valence-electron chi connectivity index (χ0n) is 13.5. The maximum absolute atomic E-state index is 13.0. The summed E-state index contributed by atoms with van der Waals surface area (Å²) in [5.41, 5.74) is -0.101. The van der Waals surface area contributed by atoms with E-state index in [-0.39, 0.29) is 11.0 Å². The van der Waals surface area contributed by atoms with Crippen molar-refractivity contribution in [1.82, 2.24) is 5.32 Å². The van der Waals surface area contributed by atoms with E-state index in [1.807, 2.05) is 0 Å². The fourth-order valence-corrected chi connectivity index (χ4v) is 5.81. The van der Waals surface area contributed by atoms with Crippen molar-refractivity contribution in [2.45, 2.75) is 44.6 Å². The summed E-state index contributed by atoms with van der Waals surface area (Å²) in [5.74, 6) is -0.348. The van der Waals surface area contributed by atoms with E-state index in [2.05, 4.69) is 5.32 Å². The Morgan fingerprint density at radius 1 is 1.04 bits per heavy atom. The summed E-state index contributed by atoms with van der Waals surface area (Å²) in [6, 6.07) is 4.18. The van der Waals surface area contributed by atoms with E-state index >= 15 is 0 Å². The highest BCUT2D eigenvalue weighted by atomic mass is 19.1. The lowest BCUT2D eigenvalue weighted by Gasteiger charge is -2.59. The van der Waals surface area contributed by atoms with E-state index in [9.17, 15) is 19.1 Å². The van der Waals surface area contributed by atoms with E-state index in [0.717, 1.165) is 19.3 Å². The maximum atomic E-state index is 13.0. The van der Waals surface area contributed by atoms with Gasteiger partial charge in [0.1, 0.15) is 5.82 Å². The third-order valence-corrected chi connectivity index (χ3v) is 6.32. The predicted octanol–water partition coefficient (Wildman–Crippen LogP) is 1.89. The Morgan fingerprint density at radius 3 is 2.00 bits per heavy atom. The van der Waals surface area contributed by atoms with Gasteiger partial charge in [-0.3, -0.25) is 4.79 Å². The minimum Gasteiger partial charge on any atom is -0.548 e. The molecule has 0 spiro atoms. The number of carboxylic acid groups (broad SMARTS) is 1. The first kappa shape index (κ1) is 15.6. The molecule has 0 saturated heterocycles. The van der Waals surface area contributed by atoms with Crippen LogP contribution in [0.15, 0.2) is 24.3 Å². The molecular formula is C19H21FNO3-. The zero-order chi connectivity index (χ0) is 16.9. The van der Waals surface area contributed by atoms with Crippen molar-refractivity contribution >= 4 is 11.9 Å². The van der Waals surface area contributed by atoms with Crippen molar-refractivity contribution in [3.05, 3.63) is 35.6 Å². The molecule has 4 aliphatic rings. The largest absolute Gasteiger partial charge is 0.548 e. The van der Waals surface area contributed by atoms with Crippen LogP contribution < -0.4 is 10.4 Å². The van der Waals surface area contributed by atoms with Crippen LogP contribution in [0, 0.1) is 29.0 Å². The van der Waals surface area contributed by atoms with Crippen LogP contribution in [-0.4, -0.2) is 17.9 Å². The quantitative estimate of drug-likeness (QED) is 0.916. The number of hydrogen-bond acceptors (Lipinski definition) is 3. The van der Waals surface area contributed by atoms with Gasteiger partial charge in [-0.15, -0.1) is 0 Å². The second-order valence-electron chi connectivity index (χ2n) is 8.01. The summed E-state index contributed by atoms with van der Waals surface area (Å²) >= 11 is 0. The van der Waals surface area contributed by atoms with Crippen molar-refractivity contribution in [1.29, 1.82) is 0 Å². The number of aliphatic carboxylic acids is 1. The van der Waals surface area contributed by atoms with E-state index in [1.165, 1.54) is 43.5 Å². The average molecular weight is 330 g/mol. The van der Waals surface area contributed by atoms with Gasteiger partial charge >= 0.3 is 0 Å². The number of nitrogens with one attached hydrogen (secondary N) is 1. The van der Waals surface area contributed by atoms with Crippen molar-refractivity contribution in [3.8, 4) is 0 Å². The molecule has 0 aromatic heterocycles. The molecule has 1 aromatic carbocycles. The number of carbonyl (C=O) groups excluding carboxylic acids is 2. The molecule has 0 radical (unpaired) electrons. The van der Waals surface area contributed by atoms with Crippen molar-refractivity contribution in [2.75, 3.05) is 0 Å². The van der Waals surface area contributed by atoms with Gasteiger partial charge in [0.25, 0.3) is 5.91 Å². The third-order valence-electron chi connectivity index (χ3n) is 6.32. The Labute approximate surface area is 140 Å². The maximum Gasteiger partial charge on any atom is 0.251 e. The standard InChI is InChI=1S/C19H22FNO3/c20-15-3-1-14(2-4-15)17(22)21-16(18(23)24)19-8-11-5-12(9-19)7-13(6-11)10-19/h1-4,11-13,16H,5-10H2,(H,21,22)(H,23,24)/p-1/t11?,12?,13?,16-,19?/m0/s1. The smallest absolute Gasteiger partial charge is 0.251 e. The fourth-order valence-electron chi connectivity index (χ4n) is 5.81. The molecule has 4 fully saturated rings. The normalized spacial score (nSPS) is 34.8. The number of amides is 1. The molecule has 1 amide bonds. The van der Waals surface area contributed by atoms with E-state index in [0.29, 0.717) is 17.8 Å². The fraction of sp³-hybridized carbons (Fsp3) is 0.579. The zero-order valence-corrected chi connectivity index (χ0v) is 13.5. The lowest BCUT2D eigenvalue weighted by molar-refractivity contribution is -0.313. The first-order chi connectivity index (χ1) is 11.4. The molecule has 5 rings (SSSR count). The lowest BCUT2D eigenvalue weighted by atomic mass is 9.47. The third kappa shape index (κ3) is 2.60. The molecule has 4 bridgehead atoms. The molecule has 1 aromatic rings. The first-order valence-electron chi connectivity index (χ1n) is 8.72. The molecule has 1 N–H and O–H groups in total. The number of benzene rings is 1. The van der Waals surface area contributed by atoms with Crippen LogP contribution in [0.4, 0.5) is 4.39 Å². The summed E-state index contributed by atoms with van der Waals surface area (Å²) in [6.45, 7) is 0. The number of carbonyl (C=O) groups is 2. The van der Waals surface area contributed by atoms with Crippen LogP contribution in [0.3, 0.4) is 0 Å². The van der Waals surface area contributed by atoms with Crippen LogP contribution in [-0.2, 0) is 4.79 Å². The number of carboxylic acids is 1. The molecule has 1 atom stereocenters. The van der Waals surface area contributed by atoms with Crippen LogP contribution >= 0.6 is 0 Å². The van der Waals surface area contributed by atoms with Crippen molar-refractivity contribution < 1.29 is 19.1 Å². The van der Waals surface area contributed by atoms with Gasteiger partial charge in [0.05, 0.1) is 12.0 Å². The molecular weight excluding hydrogens is 309 g/mol. The Kier molecular flexibility index (Phi) is 3.62. The molecule has 128 valence electrons. The van der Waals surface area contributed by atoms with Gasteiger partial charge in [0.15, 0.2) is 0 Å². The molecule has 0 aliphatic heterocycles.